The summed E-state index contributed by atoms with van der Waals surface area (Å²) >= 11 is 6.94. The third-order valence-corrected chi connectivity index (χ3v) is 9.34. The molecular formula is C33H39ClFN9O. The number of halogens is 2. The fourth-order valence-corrected chi connectivity index (χ4v) is 6.91. The number of anilines is 3. The molecule has 2 atom stereocenters. The zero-order valence-corrected chi connectivity index (χ0v) is 26.7. The number of aromatic amines is 1. The fourth-order valence-electron chi connectivity index (χ4n) is 6.63. The number of nitrogens with two attached hydrogens (primary N) is 1. The highest BCUT2D eigenvalue weighted by atomic mass is 35.5. The van der Waals surface area contributed by atoms with Gasteiger partial charge in [0, 0.05) is 73.4 Å². The number of hydrogen-bond acceptors (Lipinski definition) is 8. The predicted octanol–water partition coefficient (Wildman–Crippen LogP) is 5.88. The Morgan fingerprint density at radius 2 is 1.96 bits per heavy atom. The summed E-state index contributed by atoms with van der Waals surface area (Å²) in [5, 5.41) is 11.7. The van der Waals surface area contributed by atoms with Gasteiger partial charge in [0.2, 0.25) is 11.9 Å². The lowest BCUT2D eigenvalue weighted by Gasteiger charge is -2.44. The molecule has 4 heterocycles. The smallest absolute Gasteiger partial charge is 0.246 e. The van der Waals surface area contributed by atoms with E-state index in [2.05, 4.69) is 38.5 Å². The number of nitrogens with one attached hydrogen (secondary N) is 2. The Balaban J connectivity index is 1.46. The number of H-pyrrole nitrogens is 1. The van der Waals surface area contributed by atoms with Gasteiger partial charge in [-0.3, -0.25) is 9.89 Å². The van der Waals surface area contributed by atoms with Crippen molar-refractivity contribution in [2.45, 2.75) is 52.1 Å². The van der Waals surface area contributed by atoms with Gasteiger partial charge in [0.1, 0.15) is 11.3 Å². The van der Waals surface area contributed by atoms with Crippen molar-refractivity contribution in [3.05, 3.63) is 59.5 Å². The lowest BCUT2D eigenvalue weighted by molar-refractivity contribution is -0.128. The van der Waals surface area contributed by atoms with E-state index in [9.17, 15) is 4.79 Å². The van der Waals surface area contributed by atoms with Gasteiger partial charge in [-0.1, -0.05) is 30.8 Å². The Bertz CT molecular complexity index is 1820. The molecule has 4 N–H and O–H groups in total. The number of carbonyl (C=O) groups excluding carboxylic acids is 1. The van der Waals surface area contributed by atoms with Gasteiger partial charge in [-0.05, 0) is 57.4 Å². The first kappa shape index (κ1) is 30.6. The number of rotatable bonds is 8. The largest absolute Gasteiger partial charge is 0.382 e. The van der Waals surface area contributed by atoms with Crippen LogP contribution in [-0.4, -0.2) is 80.7 Å². The minimum atomic E-state index is -0.567. The molecule has 2 aromatic heterocycles. The Labute approximate surface area is 267 Å². The highest BCUT2D eigenvalue weighted by Gasteiger charge is 2.34. The molecule has 2 fully saturated rings. The third kappa shape index (κ3) is 5.54. The summed E-state index contributed by atoms with van der Waals surface area (Å²) in [6, 6.07) is 5.24. The first-order valence-electron chi connectivity index (χ1n) is 15.4. The number of carbonyl (C=O) groups is 1. The van der Waals surface area contributed by atoms with E-state index in [4.69, 9.17) is 27.3 Å². The van der Waals surface area contributed by atoms with Crippen LogP contribution in [0.1, 0.15) is 38.7 Å². The van der Waals surface area contributed by atoms with E-state index in [0.717, 1.165) is 24.4 Å². The Morgan fingerprint density at radius 3 is 2.69 bits per heavy atom. The maximum atomic E-state index is 17.0. The monoisotopic (exact) mass is 631 g/mol. The average Bonchev–Trinajstić information content (AvgIpc) is 3.69. The van der Waals surface area contributed by atoms with Crippen LogP contribution in [0.4, 0.5) is 22.0 Å². The summed E-state index contributed by atoms with van der Waals surface area (Å²) in [5.74, 6) is 0.432. The van der Waals surface area contributed by atoms with Gasteiger partial charge in [-0.2, -0.15) is 10.1 Å². The van der Waals surface area contributed by atoms with Crippen molar-refractivity contribution in [1.29, 1.82) is 0 Å². The number of hydrogen-bond donors (Lipinski definition) is 3. The minimum Gasteiger partial charge on any atom is -0.382 e. The average molecular weight is 632 g/mol. The van der Waals surface area contributed by atoms with Gasteiger partial charge in [0.25, 0.3) is 0 Å². The molecule has 4 aromatic rings. The van der Waals surface area contributed by atoms with Crippen LogP contribution in [0.15, 0.2) is 43.1 Å². The lowest BCUT2D eigenvalue weighted by atomic mass is 9.94. The summed E-state index contributed by atoms with van der Waals surface area (Å²) < 4.78 is 17.0. The molecule has 2 aliphatic rings. The molecule has 2 aromatic carbocycles. The molecule has 1 amide bonds. The van der Waals surface area contributed by atoms with E-state index in [1.54, 1.807) is 11.0 Å². The van der Waals surface area contributed by atoms with E-state index in [1.807, 2.05) is 32.9 Å². The first-order chi connectivity index (χ1) is 21.6. The van der Waals surface area contributed by atoms with Crippen LogP contribution in [0.3, 0.4) is 0 Å². The van der Waals surface area contributed by atoms with Crippen LogP contribution in [0, 0.1) is 12.7 Å². The SMILES string of the molecule is C=CC(=O)N1C[C@H](C)N(c2nc(NCCC(=C)N3CCCC3)nc3c(F)c(-c4c(C)ccc5[nH]nc(N)c45)c(Cl)cc23)C[C@H]1C. The second-order valence-electron chi connectivity index (χ2n) is 12.1. The Hall–Kier alpha value is -4.38. The summed E-state index contributed by atoms with van der Waals surface area (Å²) in [4.78, 5) is 28.4. The number of piperazine rings is 1. The molecule has 6 rings (SSSR count). The van der Waals surface area contributed by atoms with E-state index in [1.165, 1.54) is 18.9 Å². The molecule has 0 spiro atoms. The van der Waals surface area contributed by atoms with Crippen molar-refractivity contribution in [2.24, 2.45) is 0 Å². The van der Waals surface area contributed by atoms with Crippen LogP contribution < -0.4 is 16.0 Å². The molecule has 236 valence electrons. The minimum absolute atomic E-state index is 0.116. The summed E-state index contributed by atoms with van der Waals surface area (Å²) in [7, 11) is 0. The molecule has 0 bridgehead atoms. The summed E-state index contributed by atoms with van der Waals surface area (Å²) in [5.41, 5.74) is 9.71. The molecule has 0 unspecified atom stereocenters. The fraction of sp³-hybridized carbons (Fsp3) is 0.394. The van der Waals surface area contributed by atoms with Crippen molar-refractivity contribution in [1.82, 2.24) is 30.0 Å². The van der Waals surface area contributed by atoms with Gasteiger partial charge < -0.3 is 25.8 Å². The number of nitrogens with zero attached hydrogens (tertiary/aromatic N) is 6. The number of benzene rings is 2. The van der Waals surface area contributed by atoms with Crippen LogP contribution in [0.25, 0.3) is 32.9 Å². The van der Waals surface area contributed by atoms with Crippen LogP contribution in [-0.2, 0) is 4.79 Å². The zero-order chi connectivity index (χ0) is 32.0. The van der Waals surface area contributed by atoms with E-state index < -0.39 is 5.82 Å². The zero-order valence-electron chi connectivity index (χ0n) is 26.0. The van der Waals surface area contributed by atoms with Crippen LogP contribution in [0.2, 0.25) is 5.02 Å². The predicted molar refractivity (Wildman–Crippen MR) is 180 cm³/mol. The molecule has 45 heavy (non-hydrogen) atoms. The second kappa shape index (κ2) is 12.2. The van der Waals surface area contributed by atoms with E-state index in [0.29, 0.717) is 59.7 Å². The van der Waals surface area contributed by atoms with Gasteiger partial charge in [-0.15, -0.1) is 0 Å². The lowest BCUT2D eigenvalue weighted by Crippen LogP contribution is -2.58. The first-order valence-corrected chi connectivity index (χ1v) is 15.8. The van der Waals surface area contributed by atoms with Crippen LogP contribution in [0.5, 0.6) is 0 Å². The summed E-state index contributed by atoms with van der Waals surface area (Å²) in [6.07, 6.45) is 4.40. The molecule has 2 aliphatic heterocycles. The van der Waals surface area contributed by atoms with Crippen molar-refractivity contribution in [3.8, 4) is 11.1 Å². The maximum absolute atomic E-state index is 17.0. The molecular weight excluding hydrogens is 593 g/mol. The normalized spacial score (nSPS) is 18.6. The second-order valence-corrected chi connectivity index (χ2v) is 12.5. The standard InChI is InChI=1S/C33H39ClFN9O/c1-6-25(45)43-16-21(5)44(17-20(43)4)32-22-15-23(34)27(26-18(2)9-10-24-28(26)31(36)41-40-24)29(35)30(22)38-33(39-32)37-12-11-19(3)42-13-7-8-14-42/h6,9-10,15,20-21H,1,3,7-8,11-14,16-17H2,2,4-5H3,(H3,36,40,41)(H,37,38,39)/t20-,21+/m1/s1. The number of aromatic nitrogens is 4. The van der Waals surface area contributed by atoms with Crippen molar-refractivity contribution < 1.29 is 9.18 Å². The number of amides is 1. The van der Waals surface area contributed by atoms with Gasteiger partial charge in [0.05, 0.1) is 15.9 Å². The van der Waals surface area contributed by atoms with Crippen molar-refractivity contribution >= 4 is 56.9 Å². The number of likely N-dealkylation sites (tertiary alicyclic amines) is 1. The molecule has 0 radical (unpaired) electrons. The number of fused-ring (bicyclic) bond motifs is 2. The molecule has 2 saturated heterocycles. The molecule has 10 nitrogen and oxygen atoms in total. The van der Waals surface area contributed by atoms with Gasteiger partial charge in [0.15, 0.2) is 11.6 Å². The van der Waals surface area contributed by atoms with Crippen molar-refractivity contribution in [3.63, 3.8) is 0 Å². The van der Waals surface area contributed by atoms with Gasteiger partial charge in [-0.25, -0.2) is 9.37 Å². The van der Waals surface area contributed by atoms with Crippen LogP contribution >= 0.6 is 11.6 Å². The number of nitrogen functional groups attached to an aromatic ring is 1. The topological polar surface area (TPSA) is 119 Å². The molecule has 0 aliphatic carbocycles. The van der Waals surface area contributed by atoms with Crippen molar-refractivity contribution in [2.75, 3.05) is 48.7 Å². The Kier molecular flexibility index (Phi) is 8.30. The van der Waals surface area contributed by atoms with E-state index >= 15 is 4.39 Å². The van der Waals surface area contributed by atoms with Gasteiger partial charge >= 0.3 is 0 Å². The highest BCUT2D eigenvalue weighted by molar-refractivity contribution is 6.35. The van der Waals surface area contributed by atoms with E-state index in [-0.39, 0.29) is 39.9 Å². The highest BCUT2D eigenvalue weighted by Crippen LogP contribution is 2.43. The maximum Gasteiger partial charge on any atom is 0.246 e. The molecule has 12 heteroatoms. The summed E-state index contributed by atoms with van der Waals surface area (Å²) in [6.45, 7) is 17.4. The number of aryl methyl sites for hydroxylation is 1. The third-order valence-electron chi connectivity index (χ3n) is 9.05. The Morgan fingerprint density at radius 1 is 1.20 bits per heavy atom. The molecule has 0 saturated carbocycles. The quantitative estimate of drug-likeness (QED) is 0.206.